The van der Waals surface area contributed by atoms with E-state index in [4.69, 9.17) is 5.73 Å². The Morgan fingerprint density at radius 2 is 1.76 bits per heavy atom. The molecule has 0 fully saturated rings. The number of anilines is 1. The number of nitrogens with zero attached hydrogens (tertiary/aromatic N) is 1. The topological polar surface area (TPSA) is 105 Å². The minimum absolute atomic E-state index is 0.104. The first-order chi connectivity index (χ1) is 9.81. The number of amides is 4. The Kier molecular flexibility index (Phi) is 5.71. The summed E-state index contributed by atoms with van der Waals surface area (Å²) < 4.78 is 0. The summed E-state index contributed by atoms with van der Waals surface area (Å²) in [5.41, 5.74) is 7.53. The van der Waals surface area contributed by atoms with Crippen LogP contribution in [-0.2, 0) is 9.59 Å². The maximum atomic E-state index is 12.0. The monoisotopic (exact) mass is 292 g/mol. The molecule has 0 saturated carbocycles. The molecule has 0 unspecified atom stereocenters. The average Bonchev–Trinajstić information content (AvgIpc) is 2.40. The van der Waals surface area contributed by atoms with Crippen LogP contribution in [0.3, 0.4) is 0 Å². The molecule has 0 aliphatic rings. The van der Waals surface area contributed by atoms with E-state index in [1.807, 2.05) is 32.0 Å². The first-order valence-corrected chi connectivity index (χ1v) is 6.44. The number of nitrogens with two attached hydrogens (primary N) is 1. The van der Waals surface area contributed by atoms with Crippen molar-refractivity contribution in [2.45, 2.75) is 13.8 Å². The van der Waals surface area contributed by atoms with E-state index in [1.165, 1.54) is 11.9 Å². The fraction of sp³-hybridized carbons (Fsp3) is 0.357. The summed E-state index contributed by atoms with van der Waals surface area (Å²) in [5.74, 6) is -0.701. The molecular weight excluding hydrogens is 272 g/mol. The van der Waals surface area contributed by atoms with Crippen molar-refractivity contribution in [3.8, 4) is 0 Å². The Hall–Kier alpha value is -2.57. The molecule has 0 heterocycles. The van der Waals surface area contributed by atoms with Gasteiger partial charge >= 0.3 is 6.03 Å². The van der Waals surface area contributed by atoms with Gasteiger partial charge in [-0.25, -0.2) is 4.79 Å². The minimum Gasteiger partial charge on any atom is -0.352 e. The predicted molar refractivity (Wildman–Crippen MR) is 79.8 cm³/mol. The second-order valence-electron chi connectivity index (χ2n) is 4.78. The van der Waals surface area contributed by atoms with Crippen LogP contribution in [0.5, 0.6) is 0 Å². The number of likely N-dealkylation sites (N-methyl/N-ethyl adjacent to an activating group) is 1. The molecule has 0 saturated heterocycles. The van der Waals surface area contributed by atoms with Crippen molar-refractivity contribution in [1.29, 1.82) is 0 Å². The summed E-state index contributed by atoms with van der Waals surface area (Å²) in [7, 11) is 1.48. The molecule has 1 rings (SSSR count). The lowest BCUT2D eigenvalue weighted by Crippen LogP contribution is -2.42. The summed E-state index contributed by atoms with van der Waals surface area (Å²) >= 11 is 0. The SMILES string of the molecule is Cc1cccc(C)c1NC(=O)CN(C)C(=O)CNC(N)=O. The van der Waals surface area contributed by atoms with Gasteiger partial charge in [-0.3, -0.25) is 9.59 Å². The molecule has 7 heteroatoms. The molecule has 21 heavy (non-hydrogen) atoms. The van der Waals surface area contributed by atoms with E-state index in [0.29, 0.717) is 0 Å². The zero-order valence-electron chi connectivity index (χ0n) is 12.4. The number of hydrogen-bond donors (Lipinski definition) is 3. The van der Waals surface area contributed by atoms with E-state index >= 15 is 0 Å². The van der Waals surface area contributed by atoms with Crippen LogP contribution < -0.4 is 16.4 Å². The number of para-hydroxylation sites is 1. The highest BCUT2D eigenvalue weighted by molar-refractivity contribution is 5.96. The minimum atomic E-state index is -0.781. The van der Waals surface area contributed by atoms with Gasteiger partial charge in [-0.05, 0) is 25.0 Å². The highest BCUT2D eigenvalue weighted by Crippen LogP contribution is 2.19. The lowest BCUT2D eigenvalue weighted by molar-refractivity contribution is -0.132. The van der Waals surface area contributed by atoms with E-state index in [0.717, 1.165) is 16.8 Å². The molecule has 0 bridgehead atoms. The summed E-state index contributed by atoms with van der Waals surface area (Å²) in [4.78, 5) is 35.3. The van der Waals surface area contributed by atoms with Crippen LogP contribution in [0.15, 0.2) is 18.2 Å². The highest BCUT2D eigenvalue weighted by Gasteiger charge is 2.14. The zero-order valence-corrected chi connectivity index (χ0v) is 12.4. The molecule has 7 nitrogen and oxygen atoms in total. The standard InChI is InChI=1S/C14H20N4O3/c1-9-5-4-6-10(2)13(9)17-11(19)8-18(3)12(20)7-16-14(15)21/h4-6H,7-8H2,1-3H3,(H,17,19)(H3,15,16,21). The fourth-order valence-electron chi connectivity index (χ4n) is 1.79. The molecule has 0 atom stereocenters. The number of benzene rings is 1. The molecule has 0 radical (unpaired) electrons. The summed E-state index contributed by atoms with van der Waals surface area (Å²) in [6.07, 6.45) is 0. The van der Waals surface area contributed by atoms with Crippen molar-refractivity contribution in [1.82, 2.24) is 10.2 Å². The van der Waals surface area contributed by atoms with Gasteiger partial charge in [-0.1, -0.05) is 18.2 Å². The van der Waals surface area contributed by atoms with Gasteiger partial charge in [-0.15, -0.1) is 0 Å². The normalized spacial score (nSPS) is 9.86. The molecule has 0 aliphatic heterocycles. The van der Waals surface area contributed by atoms with Gasteiger partial charge in [0, 0.05) is 12.7 Å². The largest absolute Gasteiger partial charge is 0.352 e. The Labute approximate surface area is 123 Å². The molecule has 1 aromatic rings. The highest BCUT2D eigenvalue weighted by atomic mass is 16.2. The molecule has 1 aromatic carbocycles. The van der Waals surface area contributed by atoms with E-state index < -0.39 is 11.9 Å². The summed E-state index contributed by atoms with van der Waals surface area (Å²) in [6.45, 7) is 3.46. The van der Waals surface area contributed by atoms with E-state index in [1.54, 1.807) is 0 Å². The number of carbonyl (C=O) groups is 3. The molecule has 114 valence electrons. The Bertz CT molecular complexity index is 537. The molecule has 0 aromatic heterocycles. The van der Waals surface area contributed by atoms with Gasteiger partial charge in [0.15, 0.2) is 0 Å². The number of primary amides is 1. The van der Waals surface area contributed by atoms with Gasteiger partial charge in [-0.2, -0.15) is 0 Å². The molecule has 4 N–H and O–H groups in total. The quantitative estimate of drug-likeness (QED) is 0.730. The Balaban J connectivity index is 2.57. The molecule has 4 amide bonds. The molecule has 0 spiro atoms. The number of carbonyl (C=O) groups excluding carboxylic acids is 3. The number of aryl methyl sites for hydroxylation is 2. The van der Waals surface area contributed by atoms with Crippen molar-refractivity contribution in [2.75, 3.05) is 25.5 Å². The summed E-state index contributed by atoms with van der Waals surface area (Å²) in [5, 5.41) is 4.97. The van der Waals surface area contributed by atoms with Crippen LogP contribution in [0.4, 0.5) is 10.5 Å². The van der Waals surface area contributed by atoms with E-state index in [-0.39, 0.29) is 19.0 Å². The van der Waals surface area contributed by atoms with Crippen molar-refractivity contribution >= 4 is 23.5 Å². The average molecular weight is 292 g/mol. The number of rotatable bonds is 5. The van der Waals surface area contributed by atoms with E-state index in [9.17, 15) is 14.4 Å². The smallest absolute Gasteiger partial charge is 0.312 e. The van der Waals surface area contributed by atoms with Crippen LogP contribution in [0.2, 0.25) is 0 Å². The number of hydrogen-bond acceptors (Lipinski definition) is 3. The lowest BCUT2D eigenvalue weighted by atomic mass is 10.1. The van der Waals surface area contributed by atoms with Crippen LogP contribution in [-0.4, -0.2) is 42.9 Å². The van der Waals surface area contributed by atoms with Crippen molar-refractivity contribution in [2.24, 2.45) is 5.73 Å². The van der Waals surface area contributed by atoms with Crippen LogP contribution in [0.25, 0.3) is 0 Å². The Morgan fingerprint density at radius 1 is 1.19 bits per heavy atom. The predicted octanol–water partition coefficient (Wildman–Crippen LogP) is 0.369. The fourth-order valence-corrected chi connectivity index (χ4v) is 1.79. The van der Waals surface area contributed by atoms with Gasteiger partial charge in [0.1, 0.15) is 0 Å². The second kappa shape index (κ2) is 7.28. The van der Waals surface area contributed by atoms with Gasteiger partial charge in [0.25, 0.3) is 0 Å². The van der Waals surface area contributed by atoms with Crippen LogP contribution in [0.1, 0.15) is 11.1 Å². The van der Waals surface area contributed by atoms with Crippen molar-refractivity contribution < 1.29 is 14.4 Å². The second-order valence-corrected chi connectivity index (χ2v) is 4.78. The number of nitrogens with one attached hydrogen (secondary N) is 2. The maximum Gasteiger partial charge on any atom is 0.312 e. The first-order valence-electron chi connectivity index (χ1n) is 6.44. The van der Waals surface area contributed by atoms with Crippen LogP contribution >= 0.6 is 0 Å². The van der Waals surface area contributed by atoms with Crippen molar-refractivity contribution in [3.05, 3.63) is 29.3 Å². The van der Waals surface area contributed by atoms with Gasteiger partial charge < -0.3 is 21.3 Å². The number of urea groups is 1. The maximum absolute atomic E-state index is 12.0. The third kappa shape index (κ3) is 5.13. The van der Waals surface area contributed by atoms with Gasteiger partial charge in [0.2, 0.25) is 11.8 Å². The third-order valence-electron chi connectivity index (χ3n) is 2.97. The van der Waals surface area contributed by atoms with Gasteiger partial charge in [0.05, 0.1) is 13.1 Å². The molecular formula is C14H20N4O3. The Morgan fingerprint density at radius 3 is 2.29 bits per heavy atom. The lowest BCUT2D eigenvalue weighted by Gasteiger charge is -2.18. The van der Waals surface area contributed by atoms with Crippen molar-refractivity contribution in [3.63, 3.8) is 0 Å². The molecule has 0 aliphatic carbocycles. The van der Waals surface area contributed by atoms with Crippen LogP contribution in [0, 0.1) is 13.8 Å². The van der Waals surface area contributed by atoms with E-state index in [2.05, 4.69) is 10.6 Å². The third-order valence-corrected chi connectivity index (χ3v) is 2.97. The zero-order chi connectivity index (χ0) is 16.0. The first kappa shape index (κ1) is 16.5. The summed E-state index contributed by atoms with van der Waals surface area (Å²) in [6, 6.07) is 4.92.